The number of methoxy groups -OCH3 is 1. The highest BCUT2D eigenvalue weighted by Gasteiger charge is 2.39. The van der Waals surface area contributed by atoms with Crippen molar-refractivity contribution in [3.05, 3.63) is 43.5 Å². The lowest BCUT2D eigenvalue weighted by molar-refractivity contribution is -0.149. The topological polar surface area (TPSA) is 49.0 Å². The van der Waals surface area contributed by atoms with Crippen LogP contribution in [-0.4, -0.2) is 21.5 Å². The lowest BCUT2D eigenvalue weighted by Gasteiger charge is -2.06. The van der Waals surface area contributed by atoms with Crippen molar-refractivity contribution in [3.8, 4) is 5.69 Å². The molecule has 0 aliphatic heterocycles. The number of hydrogen-bond donors (Lipinski definition) is 0. The van der Waals surface area contributed by atoms with Crippen LogP contribution in [0.4, 0.5) is 13.2 Å². The maximum atomic E-state index is 12.9. The van der Waals surface area contributed by atoms with E-state index in [0.29, 0.717) is 9.25 Å². The SMILES string of the molecule is COCn1c(C(F)(F)F)nn(-c2cc(Cl)c(Cl)c(Cl)c2)c1=O. The summed E-state index contributed by atoms with van der Waals surface area (Å²) in [6.45, 7) is -0.608. The largest absolute Gasteiger partial charge is 0.451 e. The summed E-state index contributed by atoms with van der Waals surface area (Å²) in [6, 6.07) is 2.36. The van der Waals surface area contributed by atoms with Crippen LogP contribution in [0.3, 0.4) is 0 Å². The molecule has 5 nitrogen and oxygen atoms in total. The molecule has 0 bridgehead atoms. The van der Waals surface area contributed by atoms with Gasteiger partial charge >= 0.3 is 11.9 Å². The molecule has 120 valence electrons. The molecule has 2 rings (SSSR count). The van der Waals surface area contributed by atoms with E-state index in [9.17, 15) is 18.0 Å². The zero-order valence-corrected chi connectivity index (χ0v) is 13.1. The Hall–Kier alpha value is -1.22. The number of halogens is 6. The molecule has 0 saturated heterocycles. The van der Waals surface area contributed by atoms with Gasteiger partial charge in [0.15, 0.2) is 0 Å². The van der Waals surface area contributed by atoms with Crippen LogP contribution in [0.1, 0.15) is 5.82 Å². The predicted molar refractivity (Wildman–Crippen MR) is 74.9 cm³/mol. The van der Waals surface area contributed by atoms with Crippen LogP contribution in [0.2, 0.25) is 15.1 Å². The molecular formula is C11H7Cl3F3N3O2. The van der Waals surface area contributed by atoms with Crippen LogP contribution in [0.25, 0.3) is 5.69 Å². The van der Waals surface area contributed by atoms with Crippen molar-refractivity contribution in [2.24, 2.45) is 0 Å². The zero-order chi connectivity index (χ0) is 16.7. The van der Waals surface area contributed by atoms with E-state index in [-0.39, 0.29) is 20.8 Å². The molecule has 0 fully saturated rings. The molecule has 1 heterocycles. The molecule has 0 spiro atoms. The first-order chi connectivity index (χ1) is 10.2. The van der Waals surface area contributed by atoms with Gasteiger partial charge in [-0.1, -0.05) is 34.8 Å². The Kier molecular flexibility index (Phi) is 4.76. The van der Waals surface area contributed by atoms with Gasteiger partial charge in [0.1, 0.15) is 6.73 Å². The van der Waals surface area contributed by atoms with Gasteiger partial charge in [0.2, 0.25) is 5.82 Å². The Morgan fingerprint density at radius 3 is 2.23 bits per heavy atom. The molecule has 0 aliphatic carbocycles. The predicted octanol–water partition coefficient (Wildman–Crippen LogP) is 3.62. The van der Waals surface area contributed by atoms with Crippen molar-refractivity contribution in [3.63, 3.8) is 0 Å². The molecule has 0 aliphatic rings. The molecule has 0 radical (unpaired) electrons. The average Bonchev–Trinajstić information content (AvgIpc) is 2.74. The van der Waals surface area contributed by atoms with E-state index in [1.54, 1.807) is 0 Å². The fraction of sp³-hybridized carbons (Fsp3) is 0.273. The number of rotatable bonds is 3. The third-order valence-corrected chi connectivity index (χ3v) is 3.78. The maximum Gasteiger partial charge on any atom is 0.451 e. The van der Waals surface area contributed by atoms with Gasteiger partial charge in [-0.25, -0.2) is 9.36 Å². The van der Waals surface area contributed by atoms with E-state index in [1.807, 2.05) is 0 Å². The minimum Gasteiger partial charge on any atom is -0.364 e. The fourth-order valence-electron chi connectivity index (χ4n) is 1.68. The summed E-state index contributed by atoms with van der Waals surface area (Å²) in [5.74, 6) is -1.40. The van der Waals surface area contributed by atoms with Gasteiger partial charge in [-0.05, 0) is 12.1 Å². The van der Waals surface area contributed by atoms with Crippen molar-refractivity contribution in [2.45, 2.75) is 12.9 Å². The molecule has 1 aromatic heterocycles. The van der Waals surface area contributed by atoms with E-state index >= 15 is 0 Å². The van der Waals surface area contributed by atoms with Crippen LogP contribution in [-0.2, 0) is 17.6 Å². The second-order valence-corrected chi connectivity index (χ2v) is 5.28. The van der Waals surface area contributed by atoms with Gasteiger partial charge in [0, 0.05) is 7.11 Å². The first-order valence-electron chi connectivity index (χ1n) is 5.57. The number of nitrogens with zero attached hydrogens (tertiary/aromatic N) is 3. The van der Waals surface area contributed by atoms with E-state index in [1.165, 1.54) is 12.1 Å². The van der Waals surface area contributed by atoms with Gasteiger partial charge in [0.25, 0.3) is 0 Å². The summed E-state index contributed by atoms with van der Waals surface area (Å²) in [7, 11) is 1.15. The normalized spacial score (nSPS) is 12.0. The highest BCUT2D eigenvalue weighted by Crippen LogP contribution is 2.32. The quantitative estimate of drug-likeness (QED) is 0.769. The number of alkyl halides is 3. The maximum absolute atomic E-state index is 12.9. The fourth-order valence-corrected chi connectivity index (χ4v) is 2.27. The lowest BCUT2D eigenvalue weighted by atomic mass is 10.3. The first-order valence-corrected chi connectivity index (χ1v) is 6.71. The van der Waals surface area contributed by atoms with Crippen LogP contribution >= 0.6 is 34.8 Å². The summed E-state index contributed by atoms with van der Waals surface area (Å²) in [4.78, 5) is 12.1. The third kappa shape index (κ3) is 3.10. The molecule has 2 aromatic rings. The minimum atomic E-state index is -4.83. The zero-order valence-electron chi connectivity index (χ0n) is 10.8. The summed E-state index contributed by atoms with van der Waals surface area (Å²) >= 11 is 17.4. The summed E-state index contributed by atoms with van der Waals surface area (Å²) < 4.78 is 44.3. The molecule has 0 unspecified atom stereocenters. The van der Waals surface area contributed by atoms with Crippen molar-refractivity contribution in [1.82, 2.24) is 14.3 Å². The Labute approximate surface area is 136 Å². The monoisotopic (exact) mass is 375 g/mol. The van der Waals surface area contributed by atoms with Crippen LogP contribution < -0.4 is 5.69 Å². The highest BCUT2D eigenvalue weighted by molar-refractivity contribution is 6.48. The van der Waals surface area contributed by atoms with Crippen molar-refractivity contribution in [1.29, 1.82) is 0 Å². The standard InChI is InChI=1S/C11H7Cl3F3N3O2/c1-22-4-19-9(11(15,16)17)18-20(10(19)21)5-2-6(12)8(14)7(13)3-5/h2-3H,4H2,1H3. The van der Waals surface area contributed by atoms with E-state index in [0.717, 1.165) is 7.11 Å². The highest BCUT2D eigenvalue weighted by atomic mass is 35.5. The third-order valence-electron chi connectivity index (χ3n) is 2.59. The van der Waals surface area contributed by atoms with E-state index in [4.69, 9.17) is 34.8 Å². The molecule has 11 heteroatoms. The van der Waals surface area contributed by atoms with E-state index < -0.39 is 24.4 Å². The van der Waals surface area contributed by atoms with Crippen molar-refractivity contribution >= 4 is 34.8 Å². The molecule has 1 aromatic carbocycles. The first kappa shape index (κ1) is 17.1. The van der Waals surface area contributed by atoms with Gasteiger partial charge < -0.3 is 4.74 Å². The van der Waals surface area contributed by atoms with Gasteiger partial charge in [-0.15, -0.1) is 5.10 Å². The van der Waals surface area contributed by atoms with Crippen LogP contribution in [0, 0.1) is 0 Å². The van der Waals surface area contributed by atoms with Crippen molar-refractivity contribution in [2.75, 3.05) is 7.11 Å². The smallest absolute Gasteiger partial charge is 0.364 e. The number of hydrogen-bond acceptors (Lipinski definition) is 3. The van der Waals surface area contributed by atoms with Gasteiger partial charge in [-0.3, -0.25) is 0 Å². The minimum absolute atomic E-state index is 0.0208. The Morgan fingerprint density at radius 1 is 1.23 bits per heavy atom. The molecule has 0 atom stereocenters. The number of ether oxygens (including phenoxy) is 1. The van der Waals surface area contributed by atoms with Gasteiger partial charge in [0.05, 0.1) is 20.8 Å². The molecule has 0 saturated carbocycles. The van der Waals surface area contributed by atoms with Gasteiger partial charge in [-0.2, -0.15) is 17.9 Å². The Morgan fingerprint density at radius 2 is 1.77 bits per heavy atom. The summed E-state index contributed by atoms with van der Waals surface area (Å²) in [5, 5.41) is 3.26. The number of aromatic nitrogens is 3. The summed E-state index contributed by atoms with van der Waals surface area (Å²) in [5.41, 5.74) is -1.10. The molecule has 22 heavy (non-hydrogen) atoms. The van der Waals surface area contributed by atoms with Crippen LogP contribution in [0.5, 0.6) is 0 Å². The second-order valence-electron chi connectivity index (χ2n) is 4.08. The van der Waals surface area contributed by atoms with E-state index in [2.05, 4.69) is 9.84 Å². The van der Waals surface area contributed by atoms with Crippen molar-refractivity contribution < 1.29 is 17.9 Å². The summed E-state index contributed by atoms with van der Waals surface area (Å²) in [6.07, 6.45) is -4.83. The Balaban J connectivity index is 2.70. The van der Waals surface area contributed by atoms with Crippen LogP contribution in [0.15, 0.2) is 16.9 Å². The molecular weight excluding hydrogens is 369 g/mol. The second kappa shape index (κ2) is 6.11. The molecule has 0 N–H and O–H groups in total. The number of benzene rings is 1. The molecule has 0 amide bonds. The lowest BCUT2D eigenvalue weighted by Crippen LogP contribution is -2.26. The average molecular weight is 377 g/mol. The Bertz CT molecular complexity index is 747.